The molecule has 1 heterocycles. The van der Waals surface area contributed by atoms with Gasteiger partial charge in [-0.05, 0) is 13.8 Å². The molecule has 0 atom stereocenters. The molecule has 0 saturated carbocycles. The highest BCUT2D eigenvalue weighted by Crippen LogP contribution is 2.30. The van der Waals surface area contributed by atoms with E-state index < -0.39 is 23.4 Å². The third-order valence-corrected chi connectivity index (χ3v) is 1.67. The summed E-state index contributed by atoms with van der Waals surface area (Å²) in [5.74, 6) is -1.13. The van der Waals surface area contributed by atoms with Crippen LogP contribution in [0.15, 0.2) is 6.20 Å². The smallest absolute Gasteiger partial charge is 0.434 e. The van der Waals surface area contributed by atoms with E-state index in [1.165, 1.54) is 13.8 Å². The molecule has 1 aromatic rings. The standard InChI is InChI=1S/C9H9F3N2O2/c1-3-16-8(15)6-4-13-5(2)14-7(6)9(10,11)12/h4H,3H2,1-2H3. The van der Waals surface area contributed by atoms with E-state index in [0.29, 0.717) is 0 Å². The Morgan fingerprint density at radius 1 is 1.50 bits per heavy atom. The number of esters is 1. The van der Waals surface area contributed by atoms with Crippen LogP contribution >= 0.6 is 0 Å². The lowest BCUT2D eigenvalue weighted by Crippen LogP contribution is -2.18. The van der Waals surface area contributed by atoms with Crippen LogP contribution in [0, 0.1) is 6.92 Å². The van der Waals surface area contributed by atoms with Crippen molar-refractivity contribution in [2.75, 3.05) is 6.61 Å². The van der Waals surface area contributed by atoms with E-state index in [2.05, 4.69) is 14.7 Å². The van der Waals surface area contributed by atoms with Gasteiger partial charge in [0.25, 0.3) is 0 Å². The zero-order valence-electron chi connectivity index (χ0n) is 8.63. The lowest BCUT2D eigenvalue weighted by Gasteiger charge is -2.10. The summed E-state index contributed by atoms with van der Waals surface area (Å²) in [7, 11) is 0. The van der Waals surface area contributed by atoms with E-state index in [4.69, 9.17) is 0 Å². The summed E-state index contributed by atoms with van der Waals surface area (Å²) in [6, 6.07) is 0. The van der Waals surface area contributed by atoms with E-state index in [1.807, 2.05) is 0 Å². The monoisotopic (exact) mass is 234 g/mol. The van der Waals surface area contributed by atoms with Gasteiger partial charge in [0.1, 0.15) is 11.4 Å². The van der Waals surface area contributed by atoms with Crippen molar-refractivity contribution >= 4 is 5.97 Å². The predicted molar refractivity (Wildman–Crippen MR) is 47.7 cm³/mol. The van der Waals surface area contributed by atoms with Gasteiger partial charge in [-0.25, -0.2) is 14.8 Å². The van der Waals surface area contributed by atoms with Crippen LogP contribution in [0.1, 0.15) is 28.8 Å². The largest absolute Gasteiger partial charge is 0.462 e. The second kappa shape index (κ2) is 4.46. The Labute approximate surface area is 89.5 Å². The van der Waals surface area contributed by atoms with Crippen molar-refractivity contribution in [3.8, 4) is 0 Å². The number of nitrogens with zero attached hydrogens (tertiary/aromatic N) is 2. The summed E-state index contributed by atoms with van der Waals surface area (Å²) < 4.78 is 42.1. The minimum atomic E-state index is -4.70. The van der Waals surface area contributed by atoms with Crippen LogP contribution in [0.4, 0.5) is 13.2 Å². The van der Waals surface area contributed by atoms with Crippen LogP contribution in [0.5, 0.6) is 0 Å². The first-order valence-electron chi connectivity index (χ1n) is 4.44. The second-order valence-corrected chi connectivity index (χ2v) is 2.90. The molecular formula is C9H9F3N2O2. The number of carbonyl (C=O) groups excluding carboxylic acids is 1. The number of ether oxygens (including phenoxy) is 1. The first-order valence-corrected chi connectivity index (χ1v) is 4.44. The fourth-order valence-electron chi connectivity index (χ4n) is 1.04. The molecule has 0 aliphatic rings. The average Bonchev–Trinajstić information content (AvgIpc) is 2.16. The number of carbonyl (C=O) groups is 1. The Morgan fingerprint density at radius 2 is 2.12 bits per heavy atom. The third-order valence-electron chi connectivity index (χ3n) is 1.67. The Hall–Kier alpha value is -1.66. The number of aryl methyl sites for hydroxylation is 1. The van der Waals surface area contributed by atoms with E-state index >= 15 is 0 Å². The summed E-state index contributed by atoms with van der Waals surface area (Å²) in [6.07, 6.45) is -3.88. The lowest BCUT2D eigenvalue weighted by atomic mass is 10.2. The zero-order valence-corrected chi connectivity index (χ0v) is 8.63. The number of hydrogen-bond donors (Lipinski definition) is 0. The van der Waals surface area contributed by atoms with Crippen molar-refractivity contribution in [1.29, 1.82) is 0 Å². The highest BCUT2D eigenvalue weighted by Gasteiger charge is 2.38. The SMILES string of the molecule is CCOC(=O)c1cnc(C)nc1C(F)(F)F. The molecule has 88 valence electrons. The van der Waals surface area contributed by atoms with E-state index in [0.717, 1.165) is 6.20 Å². The van der Waals surface area contributed by atoms with Gasteiger partial charge < -0.3 is 4.74 Å². The van der Waals surface area contributed by atoms with Crippen molar-refractivity contribution in [1.82, 2.24) is 9.97 Å². The molecule has 0 N–H and O–H groups in total. The summed E-state index contributed by atoms with van der Waals surface area (Å²) >= 11 is 0. The summed E-state index contributed by atoms with van der Waals surface area (Å²) in [6.45, 7) is 2.80. The van der Waals surface area contributed by atoms with E-state index in [-0.39, 0.29) is 12.4 Å². The summed E-state index contributed by atoms with van der Waals surface area (Å²) in [5.41, 5.74) is -1.93. The van der Waals surface area contributed by atoms with E-state index in [1.54, 1.807) is 0 Å². The molecular weight excluding hydrogens is 225 g/mol. The van der Waals surface area contributed by atoms with Crippen LogP contribution < -0.4 is 0 Å². The second-order valence-electron chi connectivity index (χ2n) is 2.90. The van der Waals surface area contributed by atoms with Gasteiger partial charge in [0, 0.05) is 6.20 Å². The zero-order chi connectivity index (χ0) is 12.3. The number of rotatable bonds is 2. The molecule has 0 radical (unpaired) electrons. The van der Waals surface area contributed by atoms with Crippen LogP contribution in [-0.2, 0) is 10.9 Å². The number of aromatic nitrogens is 2. The van der Waals surface area contributed by atoms with E-state index in [9.17, 15) is 18.0 Å². The van der Waals surface area contributed by atoms with Gasteiger partial charge in [0.2, 0.25) is 0 Å². The normalized spacial score (nSPS) is 11.3. The van der Waals surface area contributed by atoms with Crippen molar-refractivity contribution in [3.63, 3.8) is 0 Å². The molecule has 0 aliphatic heterocycles. The van der Waals surface area contributed by atoms with Crippen LogP contribution in [0.3, 0.4) is 0 Å². The highest BCUT2D eigenvalue weighted by atomic mass is 19.4. The fourth-order valence-corrected chi connectivity index (χ4v) is 1.04. The molecule has 7 heteroatoms. The van der Waals surface area contributed by atoms with Gasteiger partial charge in [-0.2, -0.15) is 13.2 Å². The Morgan fingerprint density at radius 3 is 2.62 bits per heavy atom. The molecule has 4 nitrogen and oxygen atoms in total. The van der Waals surface area contributed by atoms with Crippen LogP contribution in [-0.4, -0.2) is 22.5 Å². The lowest BCUT2D eigenvalue weighted by molar-refractivity contribution is -0.141. The van der Waals surface area contributed by atoms with Crippen molar-refractivity contribution in [2.45, 2.75) is 20.0 Å². The van der Waals surface area contributed by atoms with Gasteiger partial charge in [0.15, 0.2) is 5.69 Å². The Balaban J connectivity index is 3.23. The maximum atomic E-state index is 12.5. The maximum absolute atomic E-state index is 12.5. The molecule has 0 aliphatic carbocycles. The summed E-state index contributed by atoms with van der Waals surface area (Å²) in [5, 5.41) is 0. The fraction of sp³-hybridized carbons (Fsp3) is 0.444. The summed E-state index contributed by atoms with van der Waals surface area (Å²) in [4.78, 5) is 18.0. The minimum absolute atomic E-state index is 0.00991. The molecule has 1 aromatic heterocycles. The molecule has 0 spiro atoms. The molecule has 1 rings (SSSR count). The van der Waals surface area contributed by atoms with Gasteiger partial charge >= 0.3 is 12.1 Å². The molecule has 0 amide bonds. The van der Waals surface area contributed by atoms with Crippen molar-refractivity contribution in [3.05, 3.63) is 23.3 Å². The average molecular weight is 234 g/mol. The first kappa shape index (κ1) is 12.4. The van der Waals surface area contributed by atoms with Crippen LogP contribution in [0.2, 0.25) is 0 Å². The van der Waals surface area contributed by atoms with Gasteiger partial charge in [-0.15, -0.1) is 0 Å². The number of halogens is 3. The molecule has 0 fully saturated rings. The van der Waals surface area contributed by atoms with Gasteiger partial charge in [-0.3, -0.25) is 0 Å². The topological polar surface area (TPSA) is 52.1 Å². The van der Waals surface area contributed by atoms with Crippen LogP contribution in [0.25, 0.3) is 0 Å². The Bertz CT molecular complexity index is 404. The molecule has 0 bridgehead atoms. The molecule has 16 heavy (non-hydrogen) atoms. The maximum Gasteiger partial charge on any atom is 0.434 e. The van der Waals surface area contributed by atoms with Gasteiger partial charge in [-0.1, -0.05) is 0 Å². The minimum Gasteiger partial charge on any atom is -0.462 e. The van der Waals surface area contributed by atoms with Gasteiger partial charge in [0.05, 0.1) is 6.61 Å². The molecule has 0 saturated heterocycles. The predicted octanol–water partition coefficient (Wildman–Crippen LogP) is 1.98. The number of alkyl halides is 3. The quantitative estimate of drug-likeness (QED) is 0.734. The van der Waals surface area contributed by atoms with Crippen molar-refractivity contribution in [2.24, 2.45) is 0 Å². The number of hydrogen-bond acceptors (Lipinski definition) is 4. The Kier molecular flexibility index (Phi) is 3.46. The highest BCUT2D eigenvalue weighted by molar-refractivity contribution is 5.90. The molecule has 0 aromatic carbocycles. The third kappa shape index (κ3) is 2.68. The molecule has 0 unspecified atom stereocenters. The van der Waals surface area contributed by atoms with Crippen molar-refractivity contribution < 1.29 is 22.7 Å². The first-order chi connectivity index (χ1) is 7.36.